The minimum absolute atomic E-state index is 0.0520. The van der Waals surface area contributed by atoms with Crippen molar-refractivity contribution in [3.63, 3.8) is 0 Å². The molecule has 1 rings (SSSR count). The first-order valence-electron chi connectivity index (χ1n) is 6.76. The maximum absolute atomic E-state index is 11.6. The maximum Gasteiger partial charge on any atom is 0.488 e. The maximum atomic E-state index is 11.6. The van der Waals surface area contributed by atoms with Crippen LogP contribution in [0.15, 0.2) is 24.3 Å². The molecule has 0 spiro atoms. The highest BCUT2D eigenvalue weighted by Crippen LogP contribution is 2.08. The van der Waals surface area contributed by atoms with E-state index in [1.807, 2.05) is 0 Å². The average Bonchev–Trinajstić information content (AvgIpc) is 2.36. The number of nitrogens with one attached hydrogen (secondary N) is 1. The van der Waals surface area contributed by atoms with Crippen molar-refractivity contribution < 1.29 is 29.5 Å². The second-order valence-electron chi connectivity index (χ2n) is 5.86. The Morgan fingerprint density at radius 1 is 1.23 bits per heavy atom. The Morgan fingerprint density at radius 3 is 2.18 bits per heavy atom. The lowest BCUT2D eigenvalue weighted by atomic mass is 9.80. The molecule has 0 saturated heterocycles. The van der Waals surface area contributed by atoms with Crippen molar-refractivity contribution in [1.29, 1.82) is 0 Å². The molecule has 8 heteroatoms. The van der Waals surface area contributed by atoms with Crippen LogP contribution < -0.4 is 10.8 Å². The Morgan fingerprint density at radius 2 is 1.77 bits per heavy atom. The van der Waals surface area contributed by atoms with Gasteiger partial charge in [0.1, 0.15) is 11.6 Å². The number of aliphatic carboxylic acids is 1. The first kappa shape index (κ1) is 18.0. The van der Waals surface area contributed by atoms with Crippen molar-refractivity contribution in [1.82, 2.24) is 5.32 Å². The Labute approximate surface area is 129 Å². The Kier molecular flexibility index (Phi) is 5.96. The molecule has 120 valence electrons. The molecule has 0 aliphatic heterocycles. The molecule has 0 aliphatic carbocycles. The fourth-order valence-corrected chi connectivity index (χ4v) is 1.71. The minimum Gasteiger partial charge on any atom is -0.480 e. The Hall–Kier alpha value is -2.06. The Balaban J connectivity index is 2.72. The normalized spacial score (nSPS) is 12.4. The van der Waals surface area contributed by atoms with E-state index in [9.17, 15) is 14.7 Å². The second kappa shape index (κ2) is 7.28. The summed E-state index contributed by atoms with van der Waals surface area (Å²) in [5.41, 5.74) is 0.218. The molecular formula is C14H20BNO6. The van der Waals surface area contributed by atoms with Crippen molar-refractivity contribution in [2.45, 2.75) is 38.8 Å². The smallest absolute Gasteiger partial charge is 0.480 e. The first-order valence-corrected chi connectivity index (χ1v) is 6.76. The molecule has 0 aliphatic rings. The fourth-order valence-electron chi connectivity index (χ4n) is 1.71. The standard InChI is InChI=1S/C14H20BNO6/c1-14(2,3)22-13(19)16-11(12(17)18)8-9-4-6-10(7-5-9)15(20)21/h4-7,11,20-21H,8H2,1-3H3,(H,16,19)(H,17,18). The monoisotopic (exact) mass is 309 g/mol. The molecule has 1 amide bonds. The first-order chi connectivity index (χ1) is 10.1. The molecule has 7 nitrogen and oxygen atoms in total. The van der Waals surface area contributed by atoms with Crippen molar-refractivity contribution in [3.8, 4) is 0 Å². The van der Waals surface area contributed by atoms with Gasteiger partial charge < -0.3 is 25.2 Å². The molecule has 1 aromatic rings. The molecule has 0 aromatic heterocycles. The number of carbonyl (C=O) groups is 2. The molecule has 0 fully saturated rings. The van der Waals surface area contributed by atoms with E-state index in [-0.39, 0.29) is 6.42 Å². The van der Waals surface area contributed by atoms with Crippen LogP contribution in [0.2, 0.25) is 0 Å². The van der Waals surface area contributed by atoms with E-state index in [1.54, 1.807) is 32.9 Å². The highest BCUT2D eigenvalue weighted by atomic mass is 16.6. The van der Waals surface area contributed by atoms with Gasteiger partial charge in [-0.25, -0.2) is 9.59 Å². The third-order valence-electron chi connectivity index (χ3n) is 2.71. The highest BCUT2D eigenvalue weighted by molar-refractivity contribution is 6.58. The van der Waals surface area contributed by atoms with Crippen LogP contribution in [0.5, 0.6) is 0 Å². The van der Waals surface area contributed by atoms with Gasteiger partial charge in [-0.2, -0.15) is 0 Å². The molecule has 0 radical (unpaired) electrons. The molecule has 0 heterocycles. The topological polar surface area (TPSA) is 116 Å². The van der Waals surface area contributed by atoms with E-state index in [0.717, 1.165) is 0 Å². The molecule has 0 saturated carbocycles. The SMILES string of the molecule is CC(C)(C)OC(=O)NC(Cc1ccc(B(O)O)cc1)C(=O)O. The lowest BCUT2D eigenvalue weighted by Crippen LogP contribution is -2.44. The van der Waals surface area contributed by atoms with Crippen molar-refractivity contribution in [2.75, 3.05) is 0 Å². The number of hydrogen-bond donors (Lipinski definition) is 4. The van der Waals surface area contributed by atoms with Crippen LogP contribution in [0.4, 0.5) is 4.79 Å². The summed E-state index contributed by atoms with van der Waals surface area (Å²) in [7, 11) is -1.58. The van der Waals surface area contributed by atoms with Crippen molar-refractivity contribution >= 4 is 24.6 Å². The lowest BCUT2D eigenvalue weighted by Gasteiger charge is -2.22. The predicted octanol–water partition coefficient (Wildman–Crippen LogP) is -0.113. The predicted molar refractivity (Wildman–Crippen MR) is 80.8 cm³/mol. The third-order valence-corrected chi connectivity index (χ3v) is 2.71. The van der Waals surface area contributed by atoms with Crippen LogP contribution in [-0.4, -0.2) is 46.0 Å². The van der Waals surface area contributed by atoms with Gasteiger partial charge in [-0.05, 0) is 31.8 Å². The minimum atomic E-state index is -1.58. The van der Waals surface area contributed by atoms with Gasteiger partial charge in [0.2, 0.25) is 0 Å². The van der Waals surface area contributed by atoms with Gasteiger partial charge >= 0.3 is 19.2 Å². The summed E-state index contributed by atoms with van der Waals surface area (Å²) >= 11 is 0. The average molecular weight is 309 g/mol. The van der Waals surface area contributed by atoms with Gasteiger partial charge in [0, 0.05) is 6.42 Å². The Bertz CT molecular complexity index is 523. The summed E-state index contributed by atoms with van der Waals surface area (Å²) in [6, 6.07) is 4.96. The van der Waals surface area contributed by atoms with Crippen molar-refractivity contribution in [3.05, 3.63) is 29.8 Å². The van der Waals surface area contributed by atoms with Gasteiger partial charge in [0.05, 0.1) is 0 Å². The van der Waals surface area contributed by atoms with Crippen LogP contribution in [-0.2, 0) is 16.0 Å². The fraction of sp³-hybridized carbons (Fsp3) is 0.429. The summed E-state index contributed by atoms with van der Waals surface area (Å²) < 4.78 is 5.03. The third kappa shape index (κ3) is 6.15. The summed E-state index contributed by atoms with van der Waals surface area (Å²) in [6.45, 7) is 5.05. The molecule has 4 N–H and O–H groups in total. The van der Waals surface area contributed by atoms with Crippen LogP contribution >= 0.6 is 0 Å². The highest BCUT2D eigenvalue weighted by Gasteiger charge is 2.24. The van der Waals surface area contributed by atoms with Crippen LogP contribution in [0.25, 0.3) is 0 Å². The van der Waals surface area contributed by atoms with Gasteiger partial charge in [0.25, 0.3) is 0 Å². The van der Waals surface area contributed by atoms with E-state index >= 15 is 0 Å². The van der Waals surface area contributed by atoms with Crippen LogP contribution in [0, 0.1) is 0 Å². The summed E-state index contributed by atoms with van der Waals surface area (Å²) in [5.74, 6) is -1.18. The van der Waals surface area contributed by atoms with Gasteiger partial charge in [0.15, 0.2) is 0 Å². The lowest BCUT2D eigenvalue weighted by molar-refractivity contribution is -0.139. The van der Waals surface area contributed by atoms with E-state index < -0.39 is 30.8 Å². The number of carboxylic acid groups (broad SMARTS) is 1. The number of carbonyl (C=O) groups excluding carboxylic acids is 1. The van der Waals surface area contributed by atoms with Gasteiger partial charge in [-0.15, -0.1) is 0 Å². The molecule has 1 aromatic carbocycles. The molecule has 0 bridgehead atoms. The number of amides is 1. The number of alkyl carbamates (subject to hydrolysis) is 1. The molecule has 1 atom stereocenters. The summed E-state index contributed by atoms with van der Waals surface area (Å²) in [6.07, 6.45) is -0.751. The van der Waals surface area contributed by atoms with Crippen LogP contribution in [0.3, 0.4) is 0 Å². The quantitative estimate of drug-likeness (QED) is 0.564. The number of hydrogen-bond acceptors (Lipinski definition) is 5. The zero-order valence-electron chi connectivity index (χ0n) is 12.7. The van der Waals surface area contributed by atoms with Crippen molar-refractivity contribution in [2.24, 2.45) is 0 Å². The van der Waals surface area contributed by atoms with E-state index in [0.29, 0.717) is 11.0 Å². The van der Waals surface area contributed by atoms with Gasteiger partial charge in [-0.1, -0.05) is 24.3 Å². The largest absolute Gasteiger partial charge is 0.488 e. The van der Waals surface area contributed by atoms with Gasteiger partial charge in [-0.3, -0.25) is 0 Å². The number of ether oxygens (including phenoxy) is 1. The zero-order valence-corrected chi connectivity index (χ0v) is 12.7. The van der Waals surface area contributed by atoms with E-state index in [2.05, 4.69) is 5.32 Å². The molecular weight excluding hydrogens is 289 g/mol. The summed E-state index contributed by atoms with van der Waals surface area (Å²) in [5, 5.41) is 29.5. The number of benzene rings is 1. The molecule has 22 heavy (non-hydrogen) atoms. The van der Waals surface area contributed by atoms with E-state index in [1.165, 1.54) is 12.1 Å². The molecule has 1 unspecified atom stereocenters. The second-order valence-corrected chi connectivity index (χ2v) is 5.86. The summed E-state index contributed by atoms with van der Waals surface area (Å²) in [4.78, 5) is 22.9. The van der Waals surface area contributed by atoms with E-state index in [4.69, 9.17) is 14.8 Å². The zero-order chi connectivity index (χ0) is 16.9. The number of carboxylic acids is 1. The van der Waals surface area contributed by atoms with Crippen LogP contribution in [0.1, 0.15) is 26.3 Å². The number of rotatable bonds is 5.